The van der Waals surface area contributed by atoms with Crippen LogP contribution in [0.1, 0.15) is 0 Å². The topological polar surface area (TPSA) is 73.3 Å². The first-order valence-electron chi connectivity index (χ1n) is 3.58. The molecule has 4 nitrogen and oxygen atoms in total. The Hall–Kier alpha value is -1.33. The van der Waals surface area contributed by atoms with Gasteiger partial charge in [0.1, 0.15) is 4.90 Å². The number of nitrogens with two attached hydrogens (primary N) is 1. The van der Waals surface area contributed by atoms with Crippen LogP contribution in [-0.2, 0) is 10.0 Å². The summed E-state index contributed by atoms with van der Waals surface area (Å²) >= 11 is 0. The minimum absolute atomic E-state index is 0.0231. The van der Waals surface area contributed by atoms with Crippen LogP contribution in [0.2, 0.25) is 0 Å². The number of sulfonamides is 1. The molecule has 0 saturated carbocycles. The molecule has 0 aliphatic rings. The Morgan fingerprint density at radius 3 is 2.69 bits per heavy atom. The highest BCUT2D eigenvalue weighted by Crippen LogP contribution is 2.22. The van der Waals surface area contributed by atoms with E-state index in [9.17, 15) is 8.42 Å². The molecule has 1 aromatic heterocycles. The second-order valence-corrected chi connectivity index (χ2v) is 4.17. The summed E-state index contributed by atoms with van der Waals surface area (Å²) in [6, 6.07) is 6.48. The lowest BCUT2D eigenvalue weighted by Gasteiger charge is -1.97. The fourth-order valence-corrected chi connectivity index (χ4v) is 1.88. The normalized spacial score (nSPS) is 12.1. The quantitative estimate of drug-likeness (QED) is 0.743. The lowest BCUT2D eigenvalue weighted by molar-refractivity contribution is 0.586. The minimum Gasteiger partial charge on any atom is -0.463 e. The SMILES string of the molecule is NS(=O)(=O)c1cccc2ccoc12. The highest BCUT2D eigenvalue weighted by Gasteiger charge is 2.13. The van der Waals surface area contributed by atoms with Crippen molar-refractivity contribution in [2.45, 2.75) is 4.90 Å². The van der Waals surface area contributed by atoms with Crippen molar-refractivity contribution in [1.82, 2.24) is 0 Å². The van der Waals surface area contributed by atoms with E-state index in [1.54, 1.807) is 18.2 Å². The second-order valence-electron chi connectivity index (χ2n) is 2.64. The second kappa shape index (κ2) is 2.58. The Morgan fingerprint density at radius 1 is 1.23 bits per heavy atom. The van der Waals surface area contributed by atoms with E-state index < -0.39 is 10.0 Å². The van der Waals surface area contributed by atoms with Crippen LogP contribution >= 0.6 is 0 Å². The van der Waals surface area contributed by atoms with Gasteiger partial charge >= 0.3 is 0 Å². The third-order valence-electron chi connectivity index (χ3n) is 1.75. The van der Waals surface area contributed by atoms with Gasteiger partial charge in [-0.15, -0.1) is 0 Å². The molecule has 0 atom stereocenters. The molecule has 68 valence electrons. The van der Waals surface area contributed by atoms with Gasteiger partial charge in [-0.05, 0) is 12.1 Å². The van der Waals surface area contributed by atoms with Crippen LogP contribution in [-0.4, -0.2) is 8.42 Å². The molecule has 0 aliphatic carbocycles. The van der Waals surface area contributed by atoms with Crippen molar-refractivity contribution in [3.8, 4) is 0 Å². The number of hydrogen-bond acceptors (Lipinski definition) is 3. The third-order valence-corrected chi connectivity index (χ3v) is 2.68. The maximum absolute atomic E-state index is 11.1. The van der Waals surface area contributed by atoms with Crippen molar-refractivity contribution >= 4 is 21.0 Å². The summed E-state index contributed by atoms with van der Waals surface area (Å²) in [4.78, 5) is 0.0231. The lowest BCUT2D eigenvalue weighted by atomic mass is 10.3. The Balaban J connectivity index is 2.91. The fourth-order valence-electron chi connectivity index (χ4n) is 1.19. The number of rotatable bonds is 1. The predicted molar refractivity (Wildman–Crippen MR) is 47.6 cm³/mol. The maximum Gasteiger partial charge on any atom is 0.241 e. The Morgan fingerprint density at radius 2 is 2.00 bits per heavy atom. The molecule has 5 heteroatoms. The van der Waals surface area contributed by atoms with E-state index in [0.29, 0.717) is 5.58 Å². The van der Waals surface area contributed by atoms with Crippen LogP contribution in [0.5, 0.6) is 0 Å². The van der Waals surface area contributed by atoms with Crippen molar-refractivity contribution < 1.29 is 12.8 Å². The molecular weight excluding hydrogens is 190 g/mol. The van der Waals surface area contributed by atoms with Gasteiger partial charge in [0.15, 0.2) is 5.58 Å². The molecule has 2 rings (SSSR count). The zero-order valence-electron chi connectivity index (χ0n) is 6.60. The number of hydrogen-bond donors (Lipinski definition) is 1. The summed E-state index contributed by atoms with van der Waals surface area (Å²) in [5, 5.41) is 5.72. The van der Waals surface area contributed by atoms with Crippen LogP contribution in [0.15, 0.2) is 39.8 Å². The number of fused-ring (bicyclic) bond motifs is 1. The Kier molecular flexibility index (Phi) is 1.64. The number of benzene rings is 1. The van der Waals surface area contributed by atoms with Crippen LogP contribution in [0.4, 0.5) is 0 Å². The fraction of sp³-hybridized carbons (Fsp3) is 0. The minimum atomic E-state index is -3.69. The monoisotopic (exact) mass is 197 g/mol. The highest BCUT2D eigenvalue weighted by atomic mass is 32.2. The van der Waals surface area contributed by atoms with Crippen LogP contribution < -0.4 is 5.14 Å². The van der Waals surface area contributed by atoms with E-state index >= 15 is 0 Å². The van der Waals surface area contributed by atoms with Gasteiger partial charge in [0.2, 0.25) is 10.0 Å². The van der Waals surface area contributed by atoms with E-state index in [1.165, 1.54) is 12.3 Å². The smallest absolute Gasteiger partial charge is 0.241 e. The number of para-hydroxylation sites is 1. The molecule has 0 bridgehead atoms. The van der Waals surface area contributed by atoms with E-state index in [2.05, 4.69) is 0 Å². The van der Waals surface area contributed by atoms with Gasteiger partial charge in [-0.2, -0.15) is 0 Å². The summed E-state index contributed by atoms with van der Waals surface area (Å²) in [7, 11) is -3.69. The Bertz CT molecular complexity index is 541. The van der Waals surface area contributed by atoms with Gasteiger partial charge in [0.25, 0.3) is 0 Å². The predicted octanol–water partition coefficient (Wildman–Crippen LogP) is 1.08. The van der Waals surface area contributed by atoms with Crippen molar-refractivity contribution in [1.29, 1.82) is 0 Å². The molecule has 0 amide bonds. The molecule has 0 radical (unpaired) electrons. The standard InChI is InChI=1S/C8H7NO3S/c9-13(10,11)7-3-1-2-6-4-5-12-8(6)7/h1-5H,(H2,9,10,11). The molecule has 0 fully saturated rings. The third kappa shape index (κ3) is 1.32. The zero-order valence-corrected chi connectivity index (χ0v) is 7.41. The van der Waals surface area contributed by atoms with Gasteiger partial charge in [0, 0.05) is 5.39 Å². The first kappa shape index (κ1) is 8.28. The van der Waals surface area contributed by atoms with Crippen molar-refractivity contribution in [3.63, 3.8) is 0 Å². The summed E-state index contributed by atoms with van der Waals surface area (Å²) < 4.78 is 27.1. The molecule has 0 aliphatic heterocycles. The van der Waals surface area contributed by atoms with E-state index in [1.807, 2.05) is 0 Å². The molecule has 0 saturated heterocycles. The number of furan rings is 1. The first-order chi connectivity index (χ1) is 6.09. The molecule has 0 unspecified atom stereocenters. The van der Waals surface area contributed by atoms with E-state index in [4.69, 9.17) is 9.56 Å². The van der Waals surface area contributed by atoms with Crippen LogP contribution in [0.3, 0.4) is 0 Å². The molecular formula is C8H7NO3S. The van der Waals surface area contributed by atoms with Gasteiger partial charge in [0.05, 0.1) is 6.26 Å². The highest BCUT2D eigenvalue weighted by molar-refractivity contribution is 7.89. The largest absolute Gasteiger partial charge is 0.463 e. The first-order valence-corrected chi connectivity index (χ1v) is 5.13. The molecule has 1 heterocycles. The molecule has 13 heavy (non-hydrogen) atoms. The van der Waals surface area contributed by atoms with E-state index in [0.717, 1.165) is 5.39 Å². The summed E-state index contributed by atoms with van der Waals surface area (Å²) in [5.74, 6) is 0. The average Bonchev–Trinajstić information content (AvgIpc) is 2.48. The molecule has 2 aromatic rings. The zero-order chi connectivity index (χ0) is 9.47. The van der Waals surface area contributed by atoms with Crippen LogP contribution in [0.25, 0.3) is 11.0 Å². The van der Waals surface area contributed by atoms with Crippen molar-refractivity contribution in [2.75, 3.05) is 0 Å². The van der Waals surface area contributed by atoms with Gasteiger partial charge < -0.3 is 4.42 Å². The Labute approximate surface area is 75.0 Å². The summed E-state index contributed by atoms with van der Waals surface area (Å²) in [6.45, 7) is 0. The lowest BCUT2D eigenvalue weighted by Crippen LogP contribution is -2.12. The molecule has 0 spiro atoms. The average molecular weight is 197 g/mol. The van der Waals surface area contributed by atoms with Gasteiger partial charge in [-0.25, -0.2) is 13.6 Å². The van der Waals surface area contributed by atoms with Gasteiger partial charge in [-0.3, -0.25) is 0 Å². The van der Waals surface area contributed by atoms with E-state index in [-0.39, 0.29) is 4.90 Å². The molecule has 2 N–H and O–H groups in total. The van der Waals surface area contributed by atoms with Crippen molar-refractivity contribution in [3.05, 3.63) is 30.5 Å². The summed E-state index contributed by atoms with van der Waals surface area (Å²) in [6.07, 6.45) is 1.43. The van der Waals surface area contributed by atoms with Gasteiger partial charge in [-0.1, -0.05) is 12.1 Å². The van der Waals surface area contributed by atoms with Crippen molar-refractivity contribution in [2.24, 2.45) is 5.14 Å². The van der Waals surface area contributed by atoms with Crippen LogP contribution in [0, 0.1) is 0 Å². The maximum atomic E-state index is 11.1. The molecule has 1 aromatic carbocycles. The number of primary sulfonamides is 1. The summed E-state index contributed by atoms with van der Waals surface area (Å²) in [5.41, 5.74) is 0.310.